The summed E-state index contributed by atoms with van der Waals surface area (Å²) in [6.07, 6.45) is 0. The first-order valence-corrected chi connectivity index (χ1v) is 13.2. The highest BCUT2D eigenvalue weighted by Gasteiger charge is 2.34. The molecule has 2 rings (SSSR count). The minimum atomic E-state index is -5.05. The predicted octanol–water partition coefficient (Wildman–Crippen LogP) is -1.99. The van der Waals surface area contributed by atoms with Crippen molar-refractivity contribution in [1.82, 2.24) is 0 Å². The van der Waals surface area contributed by atoms with Gasteiger partial charge >= 0.3 is 0 Å². The van der Waals surface area contributed by atoms with E-state index in [4.69, 9.17) is 21.2 Å². The van der Waals surface area contributed by atoms with Crippen molar-refractivity contribution in [3.63, 3.8) is 0 Å². The third kappa shape index (κ3) is 5.01. The molecule has 0 bridgehead atoms. The number of nitrogen functional groups attached to an aromatic ring is 1. The molecule has 29 heavy (non-hydrogen) atoms. The van der Waals surface area contributed by atoms with Crippen LogP contribution in [0.4, 0.5) is 11.4 Å². The summed E-state index contributed by atoms with van der Waals surface area (Å²) in [6, 6.07) is 5.92. The van der Waals surface area contributed by atoms with Gasteiger partial charge in [-0.1, -0.05) is 0 Å². The molecule has 2 aromatic carbocycles. The number of nitrogens with two attached hydrogens (primary N) is 4. The van der Waals surface area contributed by atoms with Crippen molar-refractivity contribution in [2.75, 3.05) is 10.5 Å². The maximum Gasteiger partial charge on any atom is 0.261 e. The summed E-state index contributed by atoms with van der Waals surface area (Å²) >= 11 is 0. The Morgan fingerprint density at radius 2 is 1.10 bits per heavy atom. The highest BCUT2D eigenvalue weighted by atomic mass is 32.2. The summed E-state index contributed by atoms with van der Waals surface area (Å²) in [4.78, 5) is -4.40. The maximum absolute atomic E-state index is 12.5. The molecule has 0 unspecified atom stereocenters. The molecule has 13 nitrogen and oxygen atoms in total. The van der Waals surface area contributed by atoms with E-state index in [9.17, 15) is 33.7 Å². The normalized spacial score (nSPS) is 13.2. The third-order valence-electron chi connectivity index (χ3n) is 3.39. The van der Waals surface area contributed by atoms with E-state index in [1.165, 1.54) is 12.1 Å². The lowest BCUT2D eigenvalue weighted by molar-refractivity contribution is 0.575. The van der Waals surface area contributed by atoms with Gasteiger partial charge in [-0.15, -0.1) is 0 Å². The van der Waals surface area contributed by atoms with E-state index >= 15 is 0 Å². The molecule has 0 spiro atoms. The smallest absolute Gasteiger partial charge is 0.261 e. The first kappa shape index (κ1) is 23.0. The Bertz CT molecular complexity index is 1400. The molecule has 0 saturated heterocycles. The van der Waals surface area contributed by atoms with Gasteiger partial charge in [-0.2, -0.15) is 0 Å². The molecular weight excluding hydrogens is 470 g/mol. The Hall–Kier alpha value is -2.28. The topological polar surface area (TPSA) is 253 Å². The van der Waals surface area contributed by atoms with Crippen molar-refractivity contribution in [3.8, 4) is 0 Å². The molecule has 0 aliphatic rings. The number of sulfonamides is 4. The largest absolute Gasteiger partial charge is 0.399 e. The van der Waals surface area contributed by atoms with Crippen LogP contribution < -0.4 is 25.9 Å². The van der Waals surface area contributed by atoms with Gasteiger partial charge in [0.05, 0.1) is 10.6 Å². The van der Waals surface area contributed by atoms with Crippen LogP contribution in [0.15, 0.2) is 56.0 Å². The average Bonchev–Trinajstić information content (AvgIpc) is 2.51. The molecule has 0 aliphatic carbocycles. The molecule has 0 aromatic heterocycles. The summed E-state index contributed by atoms with van der Waals surface area (Å²) in [5.41, 5.74) is 4.85. The first-order chi connectivity index (χ1) is 12.9. The maximum atomic E-state index is 12.5. The Morgan fingerprint density at radius 1 is 0.621 bits per heavy atom. The van der Waals surface area contributed by atoms with Crippen LogP contribution >= 0.6 is 0 Å². The number of primary sulfonamides is 3. The zero-order valence-corrected chi connectivity index (χ0v) is 17.4. The van der Waals surface area contributed by atoms with E-state index in [0.29, 0.717) is 12.1 Å². The van der Waals surface area contributed by atoms with E-state index in [-0.39, 0.29) is 10.6 Å². The highest BCUT2D eigenvalue weighted by Crippen LogP contribution is 2.34. The van der Waals surface area contributed by atoms with Crippen molar-refractivity contribution in [1.29, 1.82) is 0 Å². The van der Waals surface area contributed by atoms with Gasteiger partial charge in [-0.05, 0) is 36.4 Å². The fourth-order valence-corrected chi connectivity index (χ4v) is 6.98. The molecule has 0 amide bonds. The Balaban J connectivity index is 2.89. The van der Waals surface area contributed by atoms with Crippen LogP contribution in [0.3, 0.4) is 0 Å². The molecule has 2 aromatic rings. The highest BCUT2D eigenvalue weighted by molar-refractivity contribution is 7.94. The van der Waals surface area contributed by atoms with Crippen LogP contribution in [0.1, 0.15) is 0 Å². The number of hydrogen-bond acceptors (Lipinski definition) is 9. The van der Waals surface area contributed by atoms with E-state index in [2.05, 4.69) is 0 Å². The standard InChI is InChI=1S/C12H15N5O8S4/c13-7-1-3-8(4-2-7)29(24,25)17-9-5-6-10(26(14,18)19)12(28(16,22)23)11(9)27(15,20)21/h1-6,17H,13H2,(H2,14,18,19)(H2,15,20,21)(H2,16,22,23). The van der Waals surface area contributed by atoms with Crippen LogP contribution in [-0.2, 0) is 40.1 Å². The Kier molecular flexibility index (Phi) is 5.71. The second-order valence-corrected chi connectivity index (χ2v) is 11.8. The summed E-state index contributed by atoms with van der Waals surface area (Å²) < 4.78 is 98.2. The average molecular weight is 486 g/mol. The monoisotopic (exact) mass is 485 g/mol. The van der Waals surface area contributed by atoms with Gasteiger partial charge in [0.2, 0.25) is 30.1 Å². The number of hydrogen-bond donors (Lipinski definition) is 5. The lowest BCUT2D eigenvalue weighted by Crippen LogP contribution is -2.27. The van der Waals surface area contributed by atoms with Crippen LogP contribution in [0.5, 0.6) is 0 Å². The van der Waals surface area contributed by atoms with E-state index < -0.39 is 60.5 Å². The fraction of sp³-hybridized carbons (Fsp3) is 0. The van der Waals surface area contributed by atoms with Gasteiger partial charge in [-0.25, -0.2) is 49.1 Å². The fourth-order valence-electron chi connectivity index (χ4n) is 2.25. The first-order valence-electron chi connectivity index (χ1n) is 7.08. The molecule has 0 atom stereocenters. The zero-order chi connectivity index (χ0) is 22.4. The van der Waals surface area contributed by atoms with Crippen molar-refractivity contribution < 1.29 is 33.7 Å². The summed E-state index contributed by atoms with van der Waals surface area (Å²) in [7, 11) is -19.3. The van der Waals surface area contributed by atoms with Crippen LogP contribution in [0, 0.1) is 0 Å². The lowest BCUT2D eigenvalue weighted by atomic mass is 10.3. The molecule has 9 N–H and O–H groups in total. The van der Waals surface area contributed by atoms with Crippen molar-refractivity contribution in [2.24, 2.45) is 15.4 Å². The zero-order valence-electron chi connectivity index (χ0n) is 14.2. The molecule has 0 aliphatic heterocycles. The quantitative estimate of drug-likeness (QED) is 0.283. The van der Waals surface area contributed by atoms with Crippen LogP contribution in [0.2, 0.25) is 0 Å². The molecule has 0 fully saturated rings. The second kappa shape index (κ2) is 7.20. The SMILES string of the molecule is Nc1ccc(S(=O)(=O)Nc2ccc(S(N)(=O)=O)c(S(N)(=O)=O)c2S(N)(=O)=O)cc1. The third-order valence-corrected chi connectivity index (χ3v) is 7.97. The lowest BCUT2D eigenvalue weighted by Gasteiger charge is -2.16. The minimum Gasteiger partial charge on any atom is -0.399 e. The van der Waals surface area contributed by atoms with Gasteiger partial charge in [0.1, 0.15) is 14.7 Å². The molecule has 0 saturated carbocycles. The van der Waals surface area contributed by atoms with E-state index in [0.717, 1.165) is 12.1 Å². The van der Waals surface area contributed by atoms with Gasteiger partial charge in [0.25, 0.3) is 10.0 Å². The van der Waals surface area contributed by atoms with Gasteiger partial charge in [0.15, 0.2) is 0 Å². The molecular formula is C12H15N5O8S4. The van der Waals surface area contributed by atoms with Crippen molar-refractivity contribution >= 4 is 51.5 Å². The molecule has 17 heteroatoms. The summed E-state index contributed by atoms with van der Waals surface area (Å²) in [5, 5.41) is 14.9. The summed E-state index contributed by atoms with van der Waals surface area (Å²) in [6.45, 7) is 0. The van der Waals surface area contributed by atoms with E-state index in [1.54, 1.807) is 0 Å². The van der Waals surface area contributed by atoms with Gasteiger partial charge in [-0.3, -0.25) is 4.72 Å². The molecule has 0 heterocycles. The Labute approximate surface area is 166 Å². The van der Waals surface area contributed by atoms with Gasteiger partial charge < -0.3 is 5.73 Å². The molecule has 160 valence electrons. The molecule has 0 radical (unpaired) electrons. The minimum absolute atomic E-state index is 0.239. The number of rotatable bonds is 6. The van der Waals surface area contributed by atoms with Gasteiger partial charge in [0, 0.05) is 5.69 Å². The number of anilines is 2. The van der Waals surface area contributed by atoms with E-state index in [1.807, 2.05) is 4.72 Å². The van der Waals surface area contributed by atoms with Crippen molar-refractivity contribution in [3.05, 3.63) is 36.4 Å². The van der Waals surface area contributed by atoms with Crippen LogP contribution in [0.25, 0.3) is 0 Å². The predicted molar refractivity (Wildman–Crippen MR) is 102 cm³/mol. The second-order valence-electron chi connectivity index (χ2n) is 5.58. The number of nitrogens with one attached hydrogen (secondary N) is 1. The van der Waals surface area contributed by atoms with Crippen molar-refractivity contribution in [2.45, 2.75) is 19.6 Å². The Morgan fingerprint density at radius 3 is 1.52 bits per heavy atom. The summed E-state index contributed by atoms with van der Waals surface area (Å²) in [5.74, 6) is 0. The number of benzene rings is 2. The van der Waals surface area contributed by atoms with Crippen LogP contribution in [-0.4, -0.2) is 33.7 Å².